The Kier molecular flexibility index (Phi) is 10.4. The molecule has 0 saturated carbocycles. The van der Waals surface area contributed by atoms with Crippen LogP contribution in [0.5, 0.6) is 0 Å². The summed E-state index contributed by atoms with van der Waals surface area (Å²) >= 11 is 0. The molecule has 0 spiro atoms. The fourth-order valence-electron chi connectivity index (χ4n) is 1.95. The molecule has 0 aliphatic heterocycles. The highest BCUT2D eigenvalue weighted by Crippen LogP contribution is 2.14. The Morgan fingerprint density at radius 1 is 1.23 bits per heavy atom. The number of rotatable bonds is 7. The minimum Gasteiger partial charge on any atom is -0.475 e. The molecule has 7 nitrogen and oxygen atoms in total. The van der Waals surface area contributed by atoms with Gasteiger partial charge in [-0.3, -0.25) is 4.90 Å². The van der Waals surface area contributed by atoms with Crippen molar-refractivity contribution in [3.05, 3.63) is 35.9 Å². The fraction of sp³-hybridized carbons (Fsp3) is 0.438. The Morgan fingerprint density at radius 3 is 2.15 bits per heavy atom. The monoisotopic (exact) mass is 375 g/mol. The lowest BCUT2D eigenvalue weighted by Crippen LogP contribution is -2.43. The van der Waals surface area contributed by atoms with E-state index in [-0.39, 0.29) is 12.6 Å². The van der Waals surface area contributed by atoms with Crippen LogP contribution in [0.3, 0.4) is 0 Å². The number of carbonyl (C=O) groups is 2. The third-order valence-electron chi connectivity index (χ3n) is 3.22. The molecule has 0 fully saturated rings. The van der Waals surface area contributed by atoms with Gasteiger partial charge >= 0.3 is 18.2 Å². The number of carboxylic acid groups (broad SMARTS) is 2. The van der Waals surface area contributed by atoms with Crippen LogP contribution >= 0.6 is 0 Å². The van der Waals surface area contributed by atoms with Gasteiger partial charge in [0.15, 0.2) is 0 Å². The summed E-state index contributed by atoms with van der Waals surface area (Å²) in [5.41, 5.74) is 6.59. The summed E-state index contributed by atoms with van der Waals surface area (Å²) in [6.07, 6.45) is -4.36. The number of hydrogen-bond acceptors (Lipinski definition) is 4. The fourth-order valence-corrected chi connectivity index (χ4v) is 1.95. The van der Waals surface area contributed by atoms with Crippen LogP contribution in [-0.2, 0) is 11.3 Å². The number of nitriles is 1. The van der Waals surface area contributed by atoms with Gasteiger partial charge in [-0.25, -0.2) is 9.59 Å². The van der Waals surface area contributed by atoms with Crippen molar-refractivity contribution in [3.8, 4) is 6.07 Å². The lowest BCUT2D eigenvalue weighted by molar-refractivity contribution is -0.192. The van der Waals surface area contributed by atoms with Crippen LogP contribution < -0.4 is 5.73 Å². The first-order chi connectivity index (χ1) is 12.1. The summed E-state index contributed by atoms with van der Waals surface area (Å²) in [4.78, 5) is 21.6. The van der Waals surface area contributed by atoms with Crippen LogP contribution in [0.25, 0.3) is 0 Å². The van der Waals surface area contributed by atoms with E-state index in [1.807, 2.05) is 30.3 Å². The van der Waals surface area contributed by atoms with E-state index in [4.69, 9.17) is 20.9 Å². The highest BCUT2D eigenvalue weighted by Gasteiger charge is 2.38. The Morgan fingerprint density at radius 2 is 1.77 bits per heavy atom. The maximum Gasteiger partial charge on any atom is 0.490 e. The standard InChI is InChI=1S/C14H19N3O2.C2HF3O2/c15-9-5-4-8-13(10-16)17(14(18)19)11-12-6-2-1-3-7-12;3-2(4,5)1(6)7/h1-3,6-7,13H,4-5,8,10-11,16H2,(H,18,19);(H,6,7). The van der Waals surface area contributed by atoms with Crippen molar-refractivity contribution in [2.75, 3.05) is 6.54 Å². The van der Waals surface area contributed by atoms with E-state index in [1.54, 1.807) is 0 Å². The minimum absolute atomic E-state index is 0.244. The lowest BCUT2D eigenvalue weighted by atomic mass is 10.1. The molecule has 4 N–H and O–H groups in total. The summed E-state index contributed by atoms with van der Waals surface area (Å²) in [6.45, 7) is 0.592. The van der Waals surface area contributed by atoms with Gasteiger partial charge in [-0.15, -0.1) is 0 Å². The van der Waals surface area contributed by atoms with Gasteiger partial charge in [0, 0.05) is 25.6 Å². The SMILES string of the molecule is N#CCCCC(CN)N(Cc1ccccc1)C(=O)O.O=C(O)C(F)(F)F. The summed E-state index contributed by atoms with van der Waals surface area (Å²) < 4.78 is 31.7. The molecule has 0 radical (unpaired) electrons. The van der Waals surface area contributed by atoms with Crippen molar-refractivity contribution in [3.63, 3.8) is 0 Å². The highest BCUT2D eigenvalue weighted by atomic mass is 19.4. The molecule has 1 atom stereocenters. The predicted molar refractivity (Wildman–Crippen MR) is 86.0 cm³/mol. The van der Waals surface area contributed by atoms with Gasteiger partial charge in [-0.2, -0.15) is 18.4 Å². The average Bonchev–Trinajstić information content (AvgIpc) is 2.57. The largest absolute Gasteiger partial charge is 0.490 e. The number of carboxylic acids is 1. The molecule has 26 heavy (non-hydrogen) atoms. The third-order valence-corrected chi connectivity index (χ3v) is 3.22. The van der Waals surface area contributed by atoms with Gasteiger partial charge in [0.25, 0.3) is 0 Å². The van der Waals surface area contributed by atoms with Crippen LogP contribution in [0.1, 0.15) is 24.8 Å². The van der Waals surface area contributed by atoms with E-state index in [0.29, 0.717) is 25.8 Å². The molecule has 1 aromatic rings. The van der Waals surface area contributed by atoms with E-state index < -0.39 is 18.2 Å². The number of amides is 1. The smallest absolute Gasteiger partial charge is 0.475 e. The van der Waals surface area contributed by atoms with Crippen LogP contribution in [0.4, 0.5) is 18.0 Å². The van der Waals surface area contributed by atoms with Gasteiger partial charge < -0.3 is 15.9 Å². The van der Waals surface area contributed by atoms with Crippen molar-refractivity contribution < 1.29 is 33.0 Å². The van der Waals surface area contributed by atoms with Gasteiger partial charge in [0.2, 0.25) is 0 Å². The summed E-state index contributed by atoms with van der Waals surface area (Å²) in [6, 6.07) is 11.2. The van der Waals surface area contributed by atoms with Crippen molar-refractivity contribution in [2.24, 2.45) is 5.73 Å². The topological polar surface area (TPSA) is 128 Å². The normalized spacial score (nSPS) is 11.5. The second kappa shape index (κ2) is 11.7. The molecule has 144 valence electrons. The van der Waals surface area contributed by atoms with E-state index >= 15 is 0 Å². The number of unbranched alkanes of at least 4 members (excludes halogenated alkanes) is 1. The van der Waals surface area contributed by atoms with Gasteiger partial charge in [-0.1, -0.05) is 30.3 Å². The number of alkyl halides is 3. The maximum absolute atomic E-state index is 11.3. The van der Waals surface area contributed by atoms with E-state index in [2.05, 4.69) is 6.07 Å². The van der Waals surface area contributed by atoms with Crippen LogP contribution in [-0.4, -0.2) is 45.9 Å². The Bertz CT molecular complexity index is 603. The molecule has 1 amide bonds. The van der Waals surface area contributed by atoms with E-state index in [9.17, 15) is 23.1 Å². The third kappa shape index (κ3) is 9.48. The first kappa shape index (κ1) is 23.2. The zero-order valence-electron chi connectivity index (χ0n) is 13.8. The van der Waals surface area contributed by atoms with Crippen molar-refractivity contribution >= 4 is 12.1 Å². The number of benzene rings is 1. The second-order valence-electron chi connectivity index (χ2n) is 5.14. The maximum atomic E-state index is 11.3. The molecule has 0 aliphatic carbocycles. The van der Waals surface area contributed by atoms with Crippen molar-refractivity contribution in [1.82, 2.24) is 4.90 Å². The first-order valence-electron chi connectivity index (χ1n) is 7.54. The summed E-state index contributed by atoms with van der Waals surface area (Å²) in [5, 5.41) is 24.9. The minimum atomic E-state index is -5.08. The highest BCUT2D eigenvalue weighted by molar-refractivity contribution is 5.73. The molecule has 0 aromatic heterocycles. The van der Waals surface area contributed by atoms with E-state index in [1.165, 1.54) is 4.90 Å². The molecule has 1 rings (SSSR count). The zero-order chi connectivity index (χ0) is 20.2. The molecule has 1 unspecified atom stereocenters. The average molecular weight is 375 g/mol. The van der Waals surface area contributed by atoms with Gasteiger partial charge in [0.1, 0.15) is 0 Å². The quantitative estimate of drug-likeness (QED) is 0.629. The van der Waals surface area contributed by atoms with Gasteiger partial charge in [-0.05, 0) is 18.4 Å². The Balaban J connectivity index is 0.000000758. The zero-order valence-corrected chi connectivity index (χ0v) is 13.8. The second-order valence-corrected chi connectivity index (χ2v) is 5.14. The summed E-state index contributed by atoms with van der Waals surface area (Å²) in [7, 11) is 0. The molecule has 10 heteroatoms. The van der Waals surface area contributed by atoms with Crippen LogP contribution in [0, 0.1) is 11.3 Å². The molecule has 0 bridgehead atoms. The molecule has 1 aromatic carbocycles. The molecular formula is C16H20F3N3O4. The number of hydrogen-bond donors (Lipinski definition) is 3. The molecular weight excluding hydrogens is 355 g/mol. The van der Waals surface area contributed by atoms with E-state index in [0.717, 1.165) is 5.56 Å². The Labute approximate surface area is 148 Å². The Hall–Kier alpha value is -2.80. The predicted octanol–water partition coefficient (Wildman–Crippen LogP) is 2.82. The summed E-state index contributed by atoms with van der Waals surface area (Å²) in [5.74, 6) is -2.76. The molecule has 0 saturated heterocycles. The first-order valence-corrected chi connectivity index (χ1v) is 7.54. The van der Waals surface area contributed by atoms with Crippen molar-refractivity contribution in [1.29, 1.82) is 5.26 Å². The number of nitrogens with two attached hydrogens (primary N) is 1. The van der Waals surface area contributed by atoms with Crippen LogP contribution in [0.2, 0.25) is 0 Å². The van der Waals surface area contributed by atoms with Crippen LogP contribution in [0.15, 0.2) is 30.3 Å². The van der Waals surface area contributed by atoms with Crippen molar-refractivity contribution in [2.45, 2.75) is 38.0 Å². The van der Waals surface area contributed by atoms with Gasteiger partial charge in [0.05, 0.1) is 6.07 Å². The number of halogens is 3. The number of nitrogens with zero attached hydrogens (tertiary/aromatic N) is 2. The lowest BCUT2D eigenvalue weighted by Gasteiger charge is -2.28. The molecule has 0 aliphatic rings. The number of aliphatic carboxylic acids is 1. The molecule has 0 heterocycles.